The van der Waals surface area contributed by atoms with Crippen molar-refractivity contribution in [3.63, 3.8) is 0 Å². The third kappa shape index (κ3) is 6.20. The molecule has 0 bridgehead atoms. The van der Waals surface area contributed by atoms with E-state index < -0.39 is 6.61 Å². The molecule has 154 valence electrons. The number of ether oxygens (including phenoxy) is 1. The number of amides is 2. The summed E-state index contributed by atoms with van der Waals surface area (Å²) < 4.78 is 29.7. The van der Waals surface area contributed by atoms with Crippen molar-refractivity contribution in [1.29, 1.82) is 0 Å². The molecular weight excluding hydrogens is 417 g/mol. The van der Waals surface area contributed by atoms with Crippen LogP contribution < -0.4 is 15.4 Å². The highest BCUT2D eigenvalue weighted by Gasteiger charge is 2.25. The van der Waals surface area contributed by atoms with E-state index in [1.54, 1.807) is 0 Å². The Morgan fingerprint density at radius 2 is 1.93 bits per heavy atom. The van der Waals surface area contributed by atoms with Crippen LogP contribution in [-0.2, 0) is 16.1 Å². The number of nitrogens with zero attached hydrogens (tertiary/aromatic N) is 2. The lowest BCUT2D eigenvalue weighted by atomic mass is 10.1. The molecule has 7 nitrogen and oxygen atoms in total. The maximum Gasteiger partial charge on any atom is 0.387 e. The molecule has 1 heterocycles. The van der Waals surface area contributed by atoms with Crippen LogP contribution in [0.4, 0.5) is 8.78 Å². The lowest BCUT2D eigenvalue weighted by Crippen LogP contribution is -2.46. The number of benzene rings is 1. The first-order valence-corrected chi connectivity index (χ1v) is 9.28. The van der Waals surface area contributed by atoms with Crippen LogP contribution in [-0.4, -0.2) is 49.4 Å². The number of carbonyl (C=O) groups is 2. The molecule has 0 unspecified atom stereocenters. The van der Waals surface area contributed by atoms with Crippen molar-refractivity contribution in [3.8, 4) is 5.75 Å². The molecule has 0 spiro atoms. The van der Waals surface area contributed by atoms with Gasteiger partial charge in [0.15, 0.2) is 5.96 Å². The van der Waals surface area contributed by atoms with Crippen LogP contribution in [0, 0.1) is 0 Å². The first-order valence-electron chi connectivity index (χ1n) is 8.52. The van der Waals surface area contributed by atoms with E-state index in [-0.39, 0.29) is 47.2 Å². The number of aliphatic imine (C=N–C) groups is 1. The number of carbonyl (C=O) groups excluding carboxylic acids is 2. The fourth-order valence-corrected chi connectivity index (χ4v) is 3.28. The fourth-order valence-electron chi connectivity index (χ4n) is 2.70. The summed E-state index contributed by atoms with van der Waals surface area (Å²) in [5, 5.41) is 6.12. The summed E-state index contributed by atoms with van der Waals surface area (Å²) in [4.78, 5) is 28.8. The average molecular weight is 437 g/mol. The van der Waals surface area contributed by atoms with E-state index in [0.29, 0.717) is 30.8 Å². The Hall–Kier alpha value is -2.13. The first-order chi connectivity index (χ1) is 13.3. The predicted molar refractivity (Wildman–Crippen MR) is 102 cm³/mol. The topological polar surface area (TPSA) is 83.0 Å². The fraction of sp³-hybridized carbons (Fsp3) is 0.471. The van der Waals surface area contributed by atoms with Gasteiger partial charge in [-0.25, -0.2) is 0 Å². The van der Waals surface area contributed by atoms with Crippen LogP contribution in [0.15, 0.2) is 17.1 Å². The van der Waals surface area contributed by atoms with Crippen LogP contribution in [0.1, 0.15) is 24.8 Å². The molecule has 2 amide bonds. The number of guanidine groups is 1. The SMILES string of the molecule is CN=C(NCCN1C(=O)CCCC1=O)NCc1cc(Cl)cc(Cl)c1OC(F)F. The Morgan fingerprint density at radius 1 is 1.25 bits per heavy atom. The summed E-state index contributed by atoms with van der Waals surface area (Å²) >= 11 is 11.9. The van der Waals surface area contributed by atoms with E-state index >= 15 is 0 Å². The molecule has 1 aromatic carbocycles. The normalized spacial score (nSPS) is 15.2. The zero-order chi connectivity index (χ0) is 20.7. The van der Waals surface area contributed by atoms with Crippen molar-refractivity contribution in [3.05, 3.63) is 27.7 Å². The lowest BCUT2D eigenvalue weighted by Gasteiger charge is -2.25. The van der Waals surface area contributed by atoms with E-state index in [1.165, 1.54) is 24.1 Å². The smallest absolute Gasteiger partial charge is 0.387 e. The zero-order valence-corrected chi connectivity index (χ0v) is 16.6. The molecular formula is C17H20Cl2F2N4O3. The molecule has 1 aliphatic heterocycles. The van der Waals surface area contributed by atoms with Crippen LogP contribution in [0.3, 0.4) is 0 Å². The summed E-state index contributed by atoms with van der Waals surface area (Å²) in [6, 6.07) is 2.76. The second-order valence-corrected chi connectivity index (χ2v) is 6.74. The van der Waals surface area contributed by atoms with Gasteiger partial charge in [-0.05, 0) is 18.6 Å². The molecule has 11 heteroatoms. The van der Waals surface area contributed by atoms with Gasteiger partial charge in [0.1, 0.15) is 5.75 Å². The number of alkyl halides is 2. The molecule has 0 radical (unpaired) electrons. The van der Waals surface area contributed by atoms with Crippen LogP contribution in [0.2, 0.25) is 10.0 Å². The summed E-state index contributed by atoms with van der Waals surface area (Å²) in [5.74, 6) is -0.212. The van der Waals surface area contributed by atoms with Gasteiger partial charge in [0.05, 0.1) is 5.02 Å². The number of likely N-dealkylation sites (tertiary alicyclic amines) is 1. The van der Waals surface area contributed by atoms with Crippen molar-refractivity contribution in [2.45, 2.75) is 32.4 Å². The quantitative estimate of drug-likeness (QED) is 0.390. The number of piperidine rings is 1. The molecule has 0 aromatic heterocycles. The Morgan fingerprint density at radius 3 is 2.54 bits per heavy atom. The molecule has 0 atom stereocenters. The van der Waals surface area contributed by atoms with Crippen molar-refractivity contribution in [1.82, 2.24) is 15.5 Å². The van der Waals surface area contributed by atoms with Crippen LogP contribution in [0.25, 0.3) is 0 Å². The Balaban J connectivity index is 1.93. The van der Waals surface area contributed by atoms with Gasteiger partial charge in [-0.3, -0.25) is 19.5 Å². The van der Waals surface area contributed by atoms with Gasteiger partial charge in [0.25, 0.3) is 0 Å². The highest BCUT2D eigenvalue weighted by Crippen LogP contribution is 2.33. The monoisotopic (exact) mass is 436 g/mol. The van der Waals surface area contributed by atoms with E-state index in [9.17, 15) is 18.4 Å². The molecule has 2 N–H and O–H groups in total. The number of nitrogens with one attached hydrogen (secondary N) is 2. The second kappa shape index (κ2) is 10.4. The summed E-state index contributed by atoms with van der Waals surface area (Å²) in [7, 11) is 1.52. The number of imide groups is 1. The number of halogens is 4. The molecule has 0 saturated carbocycles. The van der Waals surface area contributed by atoms with Crippen molar-refractivity contribution >= 4 is 41.0 Å². The van der Waals surface area contributed by atoms with Crippen molar-refractivity contribution < 1.29 is 23.1 Å². The average Bonchev–Trinajstić information content (AvgIpc) is 2.62. The number of hydrogen-bond acceptors (Lipinski definition) is 4. The first kappa shape index (κ1) is 22.2. The standard InChI is InChI=1S/C17H20Cl2F2N4O3/c1-22-17(23-5-6-25-13(26)3-2-4-14(25)27)24-9-10-7-11(18)8-12(19)15(10)28-16(20)21/h7-8,16H,2-6,9H2,1H3,(H2,22,23,24). The number of hydrogen-bond donors (Lipinski definition) is 2. The van der Waals surface area contributed by atoms with Gasteiger partial charge in [-0.2, -0.15) is 8.78 Å². The maximum absolute atomic E-state index is 12.6. The van der Waals surface area contributed by atoms with Crippen LogP contribution >= 0.6 is 23.2 Å². The highest BCUT2D eigenvalue weighted by atomic mass is 35.5. The van der Waals surface area contributed by atoms with Gasteiger partial charge in [-0.15, -0.1) is 0 Å². The minimum atomic E-state index is -3.03. The molecule has 1 aliphatic rings. The van der Waals surface area contributed by atoms with E-state index in [1.807, 2.05) is 0 Å². The predicted octanol–water partition coefficient (Wildman–Crippen LogP) is 2.80. The largest absolute Gasteiger partial charge is 0.433 e. The Labute approximate surface area is 171 Å². The third-order valence-electron chi connectivity index (χ3n) is 3.97. The summed E-state index contributed by atoms with van der Waals surface area (Å²) in [5.41, 5.74) is 0.321. The molecule has 0 aliphatic carbocycles. The van der Waals surface area contributed by atoms with Crippen molar-refractivity contribution in [2.24, 2.45) is 4.99 Å². The maximum atomic E-state index is 12.6. The Bertz CT molecular complexity index is 746. The summed E-state index contributed by atoms with van der Waals surface area (Å²) in [6.45, 7) is -2.48. The Kier molecular flexibility index (Phi) is 8.25. The zero-order valence-electron chi connectivity index (χ0n) is 15.1. The molecule has 1 aromatic rings. The van der Waals surface area contributed by atoms with Gasteiger partial charge in [-0.1, -0.05) is 23.2 Å². The second-order valence-electron chi connectivity index (χ2n) is 5.90. The number of rotatable bonds is 7. The van der Waals surface area contributed by atoms with E-state index in [2.05, 4.69) is 20.4 Å². The minimum absolute atomic E-state index is 0.0327. The lowest BCUT2D eigenvalue weighted by molar-refractivity contribution is -0.147. The summed E-state index contributed by atoms with van der Waals surface area (Å²) in [6.07, 6.45) is 1.30. The molecule has 28 heavy (non-hydrogen) atoms. The minimum Gasteiger partial charge on any atom is -0.433 e. The van der Waals surface area contributed by atoms with Crippen LogP contribution in [0.5, 0.6) is 5.75 Å². The molecule has 1 fully saturated rings. The molecule has 2 rings (SSSR count). The van der Waals surface area contributed by atoms with Crippen molar-refractivity contribution in [2.75, 3.05) is 20.1 Å². The van der Waals surface area contributed by atoms with Gasteiger partial charge in [0.2, 0.25) is 11.8 Å². The molecule has 1 saturated heterocycles. The van der Waals surface area contributed by atoms with Gasteiger partial charge >= 0.3 is 6.61 Å². The third-order valence-corrected chi connectivity index (χ3v) is 4.47. The highest BCUT2D eigenvalue weighted by molar-refractivity contribution is 6.35. The van der Waals surface area contributed by atoms with Gasteiger partial charge in [0, 0.05) is 50.1 Å². The van der Waals surface area contributed by atoms with Gasteiger partial charge < -0.3 is 15.4 Å². The van der Waals surface area contributed by atoms with E-state index in [4.69, 9.17) is 23.2 Å². The van der Waals surface area contributed by atoms with E-state index in [0.717, 1.165) is 0 Å².